The fourth-order valence-electron chi connectivity index (χ4n) is 1.91. The smallest absolute Gasteiger partial charge is 0.265 e. The Bertz CT molecular complexity index is 710. The molecule has 1 saturated carbocycles. The molecule has 1 fully saturated rings. The quantitative estimate of drug-likeness (QED) is 0.802. The van der Waals surface area contributed by atoms with Gasteiger partial charge in [-0.15, -0.1) is 0 Å². The highest BCUT2D eigenvalue weighted by atomic mass is 79.9. The van der Waals surface area contributed by atoms with E-state index >= 15 is 0 Å². The largest absolute Gasteiger partial charge is 0.305 e. The third-order valence-electron chi connectivity index (χ3n) is 3.04. The second kappa shape index (κ2) is 5.04. The van der Waals surface area contributed by atoms with E-state index in [4.69, 9.17) is 11.6 Å². The maximum absolute atomic E-state index is 12.0. The SMILES string of the molecule is O=c1[nH]c(-c2cc(Cl)ccc2Br)nc(C2CC2)c1Br. The lowest BCUT2D eigenvalue weighted by molar-refractivity contribution is 0.959. The first-order valence-electron chi connectivity index (χ1n) is 5.81. The highest BCUT2D eigenvalue weighted by Crippen LogP contribution is 2.42. The van der Waals surface area contributed by atoms with Gasteiger partial charge in [0.15, 0.2) is 0 Å². The summed E-state index contributed by atoms with van der Waals surface area (Å²) in [4.78, 5) is 19.3. The Hall–Kier alpha value is -0.650. The molecule has 98 valence electrons. The minimum absolute atomic E-state index is 0.154. The van der Waals surface area contributed by atoms with Crippen molar-refractivity contribution in [1.29, 1.82) is 0 Å². The molecule has 1 aliphatic carbocycles. The fourth-order valence-corrected chi connectivity index (χ4v) is 3.03. The molecule has 1 N–H and O–H groups in total. The third kappa shape index (κ3) is 2.64. The average molecular weight is 404 g/mol. The molecule has 0 atom stereocenters. The van der Waals surface area contributed by atoms with E-state index in [1.54, 1.807) is 12.1 Å². The van der Waals surface area contributed by atoms with Crippen LogP contribution in [0.2, 0.25) is 5.02 Å². The molecule has 1 heterocycles. The zero-order valence-corrected chi connectivity index (χ0v) is 13.6. The van der Waals surface area contributed by atoms with Gasteiger partial charge in [-0.25, -0.2) is 4.98 Å². The first kappa shape index (κ1) is 13.3. The fraction of sp³-hybridized carbons (Fsp3) is 0.231. The van der Waals surface area contributed by atoms with Gasteiger partial charge in [0.2, 0.25) is 0 Å². The van der Waals surface area contributed by atoms with Gasteiger partial charge in [-0.05, 0) is 47.0 Å². The van der Waals surface area contributed by atoms with Crippen LogP contribution < -0.4 is 5.56 Å². The molecule has 1 aromatic heterocycles. The van der Waals surface area contributed by atoms with Crippen molar-refractivity contribution in [3.63, 3.8) is 0 Å². The standard InChI is InChI=1S/C13H9Br2ClN2O/c14-9-4-3-7(16)5-8(9)12-17-11(6-1-2-6)10(15)13(19)18-12/h3-6H,1-2H2,(H,17,18,19). The van der Waals surface area contributed by atoms with Gasteiger partial charge < -0.3 is 4.98 Å². The number of hydrogen-bond acceptors (Lipinski definition) is 2. The summed E-state index contributed by atoms with van der Waals surface area (Å²) in [7, 11) is 0. The van der Waals surface area contributed by atoms with Gasteiger partial charge in [-0.1, -0.05) is 27.5 Å². The second-order valence-corrected chi connectivity index (χ2v) is 6.60. The molecule has 0 aliphatic heterocycles. The Labute approximate surface area is 131 Å². The Kier molecular flexibility index (Phi) is 3.53. The summed E-state index contributed by atoms with van der Waals surface area (Å²) in [6.45, 7) is 0. The van der Waals surface area contributed by atoms with Crippen molar-refractivity contribution in [2.75, 3.05) is 0 Å². The maximum atomic E-state index is 12.0. The number of H-pyrrole nitrogens is 1. The normalized spacial score (nSPS) is 14.7. The summed E-state index contributed by atoms with van der Waals surface area (Å²) in [6, 6.07) is 5.42. The van der Waals surface area contributed by atoms with Gasteiger partial charge in [-0.2, -0.15) is 0 Å². The van der Waals surface area contributed by atoms with Crippen LogP contribution in [-0.2, 0) is 0 Å². The van der Waals surface area contributed by atoms with Crippen molar-refractivity contribution in [1.82, 2.24) is 9.97 Å². The van der Waals surface area contributed by atoms with Gasteiger partial charge >= 0.3 is 0 Å². The van der Waals surface area contributed by atoms with Gasteiger partial charge in [0.05, 0.1) is 5.69 Å². The van der Waals surface area contributed by atoms with Gasteiger partial charge in [0, 0.05) is 21.0 Å². The van der Waals surface area contributed by atoms with E-state index in [0.29, 0.717) is 21.2 Å². The summed E-state index contributed by atoms with van der Waals surface area (Å²) in [5.74, 6) is 0.942. The second-order valence-electron chi connectivity index (χ2n) is 4.51. The predicted molar refractivity (Wildman–Crippen MR) is 82.7 cm³/mol. The first-order chi connectivity index (χ1) is 9.06. The Morgan fingerprint density at radius 2 is 2.05 bits per heavy atom. The maximum Gasteiger partial charge on any atom is 0.265 e. The van der Waals surface area contributed by atoms with E-state index in [9.17, 15) is 4.79 Å². The van der Waals surface area contributed by atoms with Crippen molar-refractivity contribution >= 4 is 43.5 Å². The van der Waals surface area contributed by atoms with E-state index < -0.39 is 0 Å². The number of nitrogens with one attached hydrogen (secondary N) is 1. The molecule has 1 aliphatic rings. The number of aromatic amines is 1. The Balaban J connectivity index is 2.20. The molecule has 0 unspecified atom stereocenters. The van der Waals surface area contributed by atoms with Crippen LogP contribution in [0.5, 0.6) is 0 Å². The van der Waals surface area contributed by atoms with Crippen molar-refractivity contribution in [2.24, 2.45) is 0 Å². The van der Waals surface area contributed by atoms with Crippen LogP contribution in [0.25, 0.3) is 11.4 Å². The molecule has 2 aromatic rings. The molecule has 3 rings (SSSR count). The molecule has 0 bridgehead atoms. The van der Waals surface area contributed by atoms with Crippen molar-refractivity contribution < 1.29 is 0 Å². The number of aromatic nitrogens is 2. The molecule has 3 nitrogen and oxygen atoms in total. The predicted octanol–water partition coefficient (Wildman–Crippen LogP) is 4.49. The monoisotopic (exact) mass is 402 g/mol. The highest BCUT2D eigenvalue weighted by molar-refractivity contribution is 9.10. The van der Waals surface area contributed by atoms with E-state index in [0.717, 1.165) is 28.6 Å². The number of halogens is 3. The molecule has 0 saturated heterocycles. The minimum Gasteiger partial charge on any atom is -0.305 e. The van der Waals surface area contributed by atoms with E-state index in [2.05, 4.69) is 41.8 Å². The molecule has 0 amide bonds. The van der Waals surface area contributed by atoms with Gasteiger partial charge in [0.25, 0.3) is 5.56 Å². The lowest BCUT2D eigenvalue weighted by Gasteiger charge is -2.08. The van der Waals surface area contributed by atoms with Crippen LogP contribution in [0.15, 0.2) is 31.9 Å². The Morgan fingerprint density at radius 1 is 1.32 bits per heavy atom. The molecule has 1 aromatic carbocycles. The van der Waals surface area contributed by atoms with E-state index in [1.165, 1.54) is 0 Å². The van der Waals surface area contributed by atoms with Crippen LogP contribution >= 0.6 is 43.5 Å². The number of hydrogen-bond donors (Lipinski definition) is 1. The van der Waals surface area contributed by atoms with Crippen LogP contribution in [0.3, 0.4) is 0 Å². The van der Waals surface area contributed by atoms with Crippen molar-refractivity contribution in [3.8, 4) is 11.4 Å². The number of benzene rings is 1. The summed E-state index contributed by atoms with van der Waals surface area (Å²) in [5, 5.41) is 0.608. The van der Waals surface area contributed by atoms with Gasteiger partial charge in [0.1, 0.15) is 10.3 Å². The summed E-state index contributed by atoms with van der Waals surface area (Å²) >= 11 is 12.8. The highest BCUT2D eigenvalue weighted by Gasteiger charge is 2.29. The average Bonchev–Trinajstić information content (AvgIpc) is 3.20. The molecule has 0 radical (unpaired) electrons. The summed E-state index contributed by atoms with van der Waals surface area (Å²) < 4.78 is 1.39. The third-order valence-corrected chi connectivity index (χ3v) is 4.73. The van der Waals surface area contributed by atoms with Crippen molar-refractivity contribution in [3.05, 3.63) is 48.2 Å². The van der Waals surface area contributed by atoms with Crippen LogP contribution in [0.1, 0.15) is 24.5 Å². The number of rotatable bonds is 2. The topological polar surface area (TPSA) is 45.8 Å². The van der Waals surface area contributed by atoms with Crippen LogP contribution in [0.4, 0.5) is 0 Å². The van der Waals surface area contributed by atoms with Crippen molar-refractivity contribution in [2.45, 2.75) is 18.8 Å². The molecular formula is C13H9Br2ClN2O. The first-order valence-corrected chi connectivity index (χ1v) is 7.78. The molecular weight excluding hydrogens is 395 g/mol. The summed E-state index contributed by atoms with van der Waals surface area (Å²) in [5.41, 5.74) is 1.48. The lowest BCUT2D eigenvalue weighted by atomic mass is 10.2. The molecule has 6 heteroatoms. The summed E-state index contributed by atoms with van der Waals surface area (Å²) in [6.07, 6.45) is 2.18. The Morgan fingerprint density at radius 3 is 2.74 bits per heavy atom. The zero-order valence-electron chi connectivity index (χ0n) is 9.71. The lowest BCUT2D eigenvalue weighted by Crippen LogP contribution is -2.13. The van der Waals surface area contributed by atoms with E-state index in [-0.39, 0.29) is 5.56 Å². The van der Waals surface area contributed by atoms with Crippen LogP contribution in [-0.4, -0.2) is 9.97 Å². The van der Waals surface area contributed by atoms with E-state index in [1.807, 2.05) is 6.07 Å². The minimum atomic E-state index is -0.154. The molecule has 19 heavy (non-hydrogen) atoms. The number of nitrogens with zero attached hydrogens (tertiary/aromatic N) is 1. The van der Waals surface area contributed by atoms with Gasteiger partial charge in [-0.3, -0.25) is 4.79 Å². The molecule has 0 spiro atoms. The zero-order chi connectivity index (χ0) is 13.6. The van der Waals surface area contributed by atoms with Crippen LogP contribution in [0, 0.1) is 0 Å².